The van der Waals surface area contributed by atoms with Crippen LogP contribution in [-0.4, -0.2) is 61.7 Å². The molecule has 1 atom stereocenters. The van der Waals surface area contributed by atoms with E-state index in [0.29, 0.717) is 0 Å². The Morgan fingerprint density at radius 3 is 2.29 bits per heavy atom. The normalized spacial score (nSPS) is 17.2. The summed E-state index contributed by atoms with van der Waals surface area (Å²) >= 11 is 0. The van der Waals surface area contributed by atoms with Gasteiger partial charge >= 0.3 is 0 Å². The van der Waals surface area contributed by atoms with Crippen LogP contribution >= 0.6 is 12.4 Å². The number of piperazine rings is 1. The molecule has 136 valence electrons. The fraction of sp³-hybridized carbons (Fsp3) is 0.538. The van der Waals surface area contributed by atoms with Crippen molar-refractivity contribution in [2.75, 3.05) is 26.2 Å². The van der Waals surface area contributed by atoms with Crippen molar-refractivity contribution >= 4 is 34.2 Å². The summed E-state index contributed by atoms with van der Waals surface area (Å²) in [5.74, 6) is -1.14. The van der Waals surface area contributed by atoms with E-state index in [1.165, 1.54) is 16.4 Å². The van der Waals surface area contributed by atoms with Crippen molar-refractivity contribution in [1.29, 1.82) is 0 Å². The SMILES string of the molecule is CC(N)CC(=O)N1CCN(S(=O)(=O)c2ccc(C(N)=O)o2)CC1.Cl. The van der Waals surface area contributed by atoms with E-state index in [0.717, 1.165) is 0 Å². The first-order valence-electron chi connectivity index (χ1n) is 7.15. The van der Waals surface area contributed by atoms with Gasteiger partial charge in [0.15, 0.2) is 5.76 Å². The number of amides is 2. The molecule has 0 spiro atoms. The minimum Gasteiger partial charge on any atom is -0.438 e. The molecule has 9 nitrogen and oxygen atoms in total. The zero-order valence-corrected chi connectivity index (χ0v) is 14.8. The lowest BCUT2D eigenvalue weighted by Gasteiger charge is -2.33. The molecule has 1 fully saturated rings. The van der Waals surface area contributed by atoms with Crippen LogP contribution in [0.25, 0.3) is 0 Å². The van der Waals surface area contributed by atoms with Gasteiger partial charge in [-0.25, -0.2) is 8.42 Å². The highest BCUT2D eigenvalue weighted by Gasteiger charge is 2.32. The van der Waals surface area contributed by atoms with Gasteiger partial charge in [-0.1, -0.05) is 0 Å². The van der Waals surface area contributed by atoms with Crippen molar-refractivity contribution < 1.29 is 22.4 Å². The van der Waals surface area contributed by atoms with E-state index < -0.39 is 15.9 Å². The van der Waals surface area contributed by atoms with E-state index in [9.17, 15) is 18.0 Å². The minimum absolute atomic E-state index is 0. The number of sulfonamides is 1. The monoisotopic (exact) mass is 380 g/mol. The Kier molecular flexibility index (Phi) is 6.78. The molecule has 0 aromatic carbocycles. The van der Waals surface area contributed by atoms with Gasteiger partial charge in [0.05, 0.1) is 0 Å². The highest BCUT2D eigenvalue weighted by atomic mass is 35.5. The molecule has 11 heteroatoms. The number of carbonyl (C=O) groups is 2. The van der Waals surface area contributed by atoms with E-state index in [1.807, 2.05) is 0 Å². The third-order valence-electron chi connectivity index (χ3n) is 3.51. The highest BCUT2D eigenvalue weighted by molar-refractivity contribution is 7.89. The van der Waals surface area contributed by atoms with Gasteiger partial charge in [0.25, 0.3) is 15.9 Å². The molecule has 1 aromatic heterocycles. The Bertz CT molecular complexity index is 695. The Morgan fingerprint density at radius 1 is 1.25 bits per heavy atom. The number of halogens is 1. The zero-order chi connectivity index (χ0) is 17.2. The van der Waals surface area contributed by atoms with Gasteiger partial charge < -0.3 is 20.8 Å². The molecule has 0 saturated carbocycles. The fourth-order valence-electron chi connectivity index (χ4n) is 2.30. The molecule has 24 heavy (non-hydrogen) atoms. The predicted molar refractivity (Wildman–Crippen MR) is 88.1 cm³/mol. The zero-order valence-electron chi connectivity index (χ0n) is 13.2. The summed E-state index contributed by atoms with van der Waals surface area (Å²) in [7, 11) is -3.85. The van der Waals surface area contributed by atoms with Crippen molar-refractivity contribution in [1.82, 2.24) is 9.21 Å². The Morgan fingerprint density at radius 2 is 1.83 bits per heavy atom. The Labute approximate surface area is 146 Å². The molecule has 1 unspecified atom stereocenters. The van der Waals surface area contributed by atoms with E-state index >= 15 is 0 Å². The summed E-state index contributed by atoms with van der Waals surface area (Å²) in [6.07, 6.45) is 0.229. The molecule has 1 aliphatic heterocycles. The number of furan rings is 1. The van der Waals surface area contributed by atoms with Crippen LogP contribution in [0.2, 0.25) is 0 Å². The maximum absolute atomic E-state index is 12.4. The van der Waals surface area contributed by atoms with E-state index in [-0.39, 0.29) is 67.8 Å². The maximum Gasteiger partial charge on any atom is 0.284 e. The largest absolute Gasteiger partial charge is 0.438 e. The van der Waals surface area contributed by atoms with Gasteiger partial charge in [-0.15, -0.1) is 12.4 Å². The molecule has 2 rings (SSSR count). The summed E-state index contributed by atoms with van der Waals surface area (Å²) in [5, 5.41) is -0.332. The van der Waals surface area contributed by atoms with Crippen LogP contribution in [-0.2, 0) is 14.8 Å². The van der Waals surface area contributed by atoms with Crippen molar-refractivity contribution in [3.8, 4) is 0 Å². The molecule has 4 N–H and O–H groups in total. The van der Waals surface area contributed by atoms with E-state index in [2.05, 4.69) is 0 Å². The van der Waals surface area contributed by atoms with Crippen LogP contribution < -0.4 is 11.5 Å². The molecular formula is C13H21ClN4O5S. The van der Waals surface area contributed by atoms with E-state index in [4.69, 9.17) is 15.9 Å². The number of nitrogens with two attached hydrogens (primary N) is 2. The maximum atomic E-state index is 12.4. The van der Waals surface area contributed by atoms with Crippen LogP contribution in [0.15, 0.2) is 21.6 Å². The molecular weight excluding hydrogens is 360 g/mol. The number of carbonyl (C=O) groups excluding carboxylic acids is 2. The van der Waals surface area contributed by atoms with Gasteiger partial charge in [-0.2, -0.15) is 4.31 Å². The van der Waals surface area contributed by atoms with Crippen LogP contribution in [0, 0.1) is 0 Å². The lowest BCUT2D eigenvalue weighted by Crippen LogP contribution is -2.51. The quantitative estimate of drug-likeness (QED) is 0.696. The summed E-state index contributed by atoms with van der Waals surface area (Å²) in [5.41, 5.74) is 10.6. The molecule has 0 radical (unpaired) electrons. The lowest BCUT2D eigenvalue weighted by atomic mass is 10.2. The third-order valence-corrected chi connectivity index (χ3v) is 5.28. The number of hydrogen-bond donors (Lipinski definition) is 2. The summed E-state index contributed by atoms with van der Waals surface area (Å²) in [6, 6.07) is 2.18. The van der Waals surface area contributed by atoms with E-state index in [1.54, 1.807) is 11.8 Å². The average Bonchev–Trinajstić information content (AvgIpc) is 2.97. The van der Waals surface area contributed by atoms with Crippen LogP contribution in [0.1, 0.15) is 23.9 Å². The standard InChI is InChI=1S/C13H20N4O5S.ClH/c1-9(14)8-11(18)16-4-6-17(7-5-16)23(20,21)12-3-2-10(22-12)13(15)19;/h2-3,9H,4-8,14H2,1H3,(H2,15,19);1H. The summed E-state index contributed by atoms with van der Waals surface area (Å²) < 4.78 is 31.1. The molecule has 1 aromatic rings. The first-order valence-corrected chi connectivity index (χ1v) is 8.59. The van der Waals surface area contributed by atoms with Crippen molar-refractivity contribution in [3.05, 3.63) is 17.9 Å². The second-order valence-electron chi connectivity index (χ2n) is 5.45. The van der Waals surface area contributed by atoms with Crippen molar-refractivity contribution in [2.24, 2.45) is 11.5 Å². The molecule has 0 bridgehead atoms. The topological polar surface area (TPSA) is 140 Å². The second kappa shape index (κ2) is 7.97. The van der Waals surface area contributed by atoms with Gasteiger partial charge in [0.1, 0.15) is 0 Å². The summed E-state index contributed by atoms with van der Waals surface area (Å²) in [6.45, 7) is 2.62. The summed E-state index contributed by atoms with van der Waals surface area (Å²) in [4.78, 5) is 24.5. The second-order valence-corrected chi connectivity index (χ2v) is 7.32. The van der Waals surface area contributed by atoms with Gasteiger partial charge in [-0.3, -0.25) is 9.59 Å². The Hall–Kier alpha value is -1.62. The van der Waals surface area contributed by atoms with Crippen LogP contribution in [0.5, 0.6) is 0 Å². The molecule has 0 aliphatic carbocycles. The van der Waals surface area contributed by atoms with Gasteiger partial charge in [0.2, 0.25) is 11.0 Å². The number of primary amides is 1. The van der Waals surface area contributed by atoms with Crippen molar-refractivity contribution in [2.45, 2.75) is 24.5 Å². The molecule has 1 aliphatic rings. The first-order chi connectivity index (χ1) is 10.7. The van der Waals surface area contributed by atoms with Crippen LogP contribution in [0.4, 0.5) is 0 Å². The third kappa shape index (κ3) is 4.47. The van der Waals surface area contributed by atoms with Crippen LogP contribution in [0.3, 0.4) is 0 Å². The number of rotatable bonds is 5. The first kappa shape index (κ1) is 20.4. The van der Waals surface area contributed by atoms with Crippen molar-refractivity contribution in [3.63, 3.8) is 0 Å². The average molecular weight is 381 g/mol. The molecule has 2 heterocycles. The molecule has 2 amide bonds. The highest BCUT2D eigenvalue weighted by Crippen LogP contribution is 2.20. The fourth-order valence-corrected chi connectivity index (χ4v) is 3.63. The predicted octanol–water partition coefficient (Wildman–Crippen LogP) is -0.629. The number of nitrogens with zero attached hydrogens (tertiary/aromatic N) is 2. The number of hydrogen-bond acceptors (Lipinski definition) is 6. The smallest absolute Gasteiger partial charge is 0.284 e. The lowest BCUT2D eigenvalue weighted by molar-refractivity contribution is -0.132. The minimum atomic E-state index is -3.85. The molecule has 1 saturated heterocycles. The van der Waals surface area contributed by atoms with Gasteiger partial charge in [0, 0.05) is 38.6 Å². The Balaban J connectivity index is 0.00000288. The van der Waals surface area contributed by atoms with Gasteiger partial charge in [-0.05, 0) is 19.1 Å².